The van der Waals surface area contributed by atoms with Crippen LogP contribution in [0.3, 0.4) is 0 Å². The molecule has 0 aromatic heterocycles. The Morgan fingerprint density at radius 2 is 1.93 bits per heavy atom. The third kappa shape index (κ3) is 4.96. The van der Waals surface area contributed by atoms with Gasteiger partial charge in [-0.05, 0) is 45.6 Å². The fourth-order valence-corrected chi connectivity index (χ4v) is 2.26. The van der Waals surface area contributed by atoms with Gasteiger partial charge >= 0.3 is 0 Å². The molecule has 3 atom stereocenters. The number of nitrogens with one attached hydrogen (secondary N) is 1. The van der Waals surface area contributed by atoms with Gasteiger partial charge in [0.05, 0.1) is 12.2 Å². The average Bonchev–Trinajstić information content (AvgIpc) is 2.14. The second-order valence-corrected chi connectivity index (χ2v) is 4.95. The van der Waals surface area contributed by atoms with Gasteiger partial charge in [0.15, 0.2) is 0 Å². The summed E-state index contributed by atoms with van der Waals surface area (Å²) < 4.78 is 5.69. The first kappa shape index (κ1) is 12.9. The Kier molecular flexibility index (Phi) is 5.58. The number of hydrogen-bond donors (Lipinski definition) is 2. The molecule has 0 bridgehead atoms. The van der Waals surface area contributed by atoms with Crippen molar-refractivity contribution in [2.45, 2.75) is 58.3 Å². The zero-order chi connectivity index (χ0) is 11.3. The second kappa shape index (κ2) is 6.46. The highest BCUT2D eigenvalue weighted by molar-refractivity contribution is 4.79. The van der Waals surface area contributed by atoms with Gasteiger partial charge in [-0.25, -0.2) is 0 Å². The Morgan fingerprint density at radius 1 is 1.33 bits per heavy atom. The summed E-state index contributed by atoms with van der Waals surface area (Å²) in [5.74, 6) is 0.559. The van der Waals surface area contributed by atoms with E-state index in [9.17, 15) is 0 Å². The lowest BCUT2D eigenvalue weighted by molar-refractivity contribution is -0.0424. The molecule has 0 aliphatic carbocycles. The first-order valence-corrected chi connectivity index (χ1v) is 6.11. The Hall–Kier alpha value is -0.120. The van der Waals surface area contributed by atoms with Crippen LogP contribution in [0, 0.1) is 5.92 Å². The van der Waals surface area contributed by atoms with E-state index in [-0.39, 0.29) is 0 Å². The monoisotopic (exact) mass is 215 g/mol. The van der Waals surface area contributed by atoms with E-state index >= 15 is 0 Å². The molecule has 1 heterocycles. The molecule has 1 aliphatic heterocycles. The molecular weight excluding hydrogens is 190 g/mol. The van der Waals surface area contributed by atoms with Crippen LogP contribution in [-0.2, 0) is 4.74 Å². The van der Waals surface area contributed by atoms with E-state index in [1.165, 1.54) is 0 Å². The summed E-state index contributed by atoms with van der Waals surface area (Å²) in [6, 6.07) is 0.588. The molecule has 3 heteroatoms. The molecule has 15 heavy (non-hydrogen) atoms. The molecule has 1 fully saturated rings. The topological polar surface area (TPSA) is 41.5 Å². The minimum atomic E-state index is 0.295. The van der Waals surface area contributed by atoms with E-state index in [0.717, 1.165) is 25.8 Å². The van der Waals surface area contributed by atoms with Gasteiger partial charge in [0, 0.05) is 12.6 Å². The molecule has 0 saturated carbocycles. The molecule has 0 aromatic carbocycles. The van der Waals surface area contributed by atoms with Crippen molar-refractivity contribution in [1.82, 2.24) is 5.32 Å². The van der Waals surface area contributed by atoms with Crippen LogP contribution in [-0.4, -0.2) is 36.5 Å². The van der Waals surface area contributed by atoms with Crippen molar-refractivity contribution in [2.75, 3.05) is 13.2 Å². The van der Waals surface area contributed by atoms with Gasteiger partial charge in [-0.15, -0.1) is 0 Å². The van der Waals surface area contributed by atoms with E-state index in [0.29, 0.717) is 30.8 Å². The minimum absolute atomic E-state index is 0.295. The molecule has 2 N–H and O–H groups in total. The predicted octanol–water partition coefficient (Wildman–Crippen LogP) is 1.55. The highest BCUT2D eigenvalue weighted by Crippen LogP contribution is 2.19. The van der Waals surface area contributed by atoms with Crippen molar-refractivity contribution in [3.8, 4) is 0 Å². The number of rotatable bonds is 5. The summed E-state index contributed by atoms with van der Waals surface area (Å²) in [4.78, 5) is 0. The van der Waals surface area contributed by atoms with Crippen LogP contribution in [0.25, 0.3) is 0 Å². The van der Waals surface area contributed by atoms with Gasteiger partial charge < -0.3 is 15.2 Å². The number of hydrogen-bond acceptors (Lipinski definition) is 3. The summed E-state index contributed by atoms with van der Waals surface area (Å²) in [6.45, 7) is 7.76. The maximum Gasteiger partial charge on any atom is 0.0565 e. The number of aliphatic hydroxyl groups is 1. The Bertz CT molecular complexity index is 165. The van der Waals surface area contributed by atoms with Gasteiger partial charge in [-0.2, -0.15) is 0 Å². The summed E-state index contributed by atoms with van der Waals surface area (Å²) in [5, 5.41) is 12.4. The SMILES string of the molecule is CC(CCO)CNC1CC(C)OC(C)C1. The molecule has 0 spiro atoms. The number of aliphatic hydroxyl groups excluding tert-OH is 1. The van der Waals surface area contributed by atoms with Crippen LogP contribution < -0.4 is 5.32 Å². The molecule has 1 saturated heterocycles. The van der Waals surface area contributed by atoms with Crippen LogP contribution in [0.15, 0.2) is 0 Å². The third-order valence-corrected chi connectivity index (χ3v) is 3.07. The van der Waals surface area contributed by atoms with Crippen molar-refractivity contribution in [3.63, 3.8) is 0 Å². The van der Waals surface area contributed by atoms with Crippen molar-refractivity contribution < 1.29 is 9.84 Å². The van der Waals surface area contributed by atoms with Crippen LogP contribution in [0.1, 0.15) is 40.0 Å². The van der Waals surface area contributed by atoms with E-state index in [4.69, 9.17) is 9.84 Å². The lowest BCUT2D eigenvalue weighted by Gasteiger charge is -2.33. The Morgan fingerprint density at radius 3 is 2.47 bits per heavy atom. The first-order chi connectivity index (χ1) is 7.11. The summed E-state index contributed by atoms with van der Waals surface area (Å²) in [7, 11) is 0. The molecule has 0 aromatic rings. The smallest absolute Gasteiger partial charge is 0.0565 e. The summed E-state index contributed by atoms with van der Waals surface area (Å²) in [5.41, 5.74) is 0. The third-order valence-electron chi connectivity index (χ3n) is 3.07. The molecule has 3 unspecified atom stereocenters. The summed E-state index contributed by atoms with van der Waals surface area (Å²) >= 11 is 0. The van der Waals surface area contributed by atoms with Crippen molar-refractivity contribution >= 4 is 0 Å². The summed E-state index contributed by atoms with van der Waals surface area (Å²) in [6.07, 6.45) is 3.85. The van der Waals surface area contributed by atoms with E-state index < -0.39 is 0 Å². The van der Waals surface area contributed by atoms with Crippen LogP contribution in [0.2, 0.25) is 0 Å². The molecule has 1 rings (SSSR count). The van der Waals surface area contributed by atoms with Crippen LogP contribution in [0.4, 0.5) is 0 Å². The molecule has 1 aliphatic rings. The van der Waals surface area contributed by atoms with Crippen molar-refractivity contribution in [3.05, 3.63) is 0 Å². The highest BCUT2D eigenvalue weighted by atomic mass is 16.5. The highest BCUT2D eigenvalue weighted by Gasteiger charge is 2.23. The first-order valence-electron chi connectivity index (χ1n) is 6.11. The maximum atomic E-state index is 8.81. The minimum Gasteiger partial charge on any atom is -0.396 e. The molecule has 90 valence electrons. The second-order valence-electron chi connectivity index (χ2n) is 4.95. The zero-order valence-electron chi connectivity index (χ0n) is 10.2. The lowest BCUT2D eigenvalue weighted by atomic mass is 9.99. The fraction of sp³-hybridized carbons (Fsp3) is 1.00. The fourth-order valence-electron chi connectivity index (χ4n) is 2.26. The quantitative estimate of drug-likeness (QED) is 0.731. The largest absolute Gasteiger partial charge is 0.396 e. The average molecular weight is 215 g/mol. The van der Waals surface area contributed by atoms with Gasteiger partial charge in [-0.3, -0.25) is 0 Å². The molecule has 3 nitrogen and oxygen atoms in total. The van der Waals surface area contributed by atoms with E-state index in [1.54, 1.807) is 0 Å². The van der Waals surface area contributed by atoms with Gasteiger partial charge in [0.25, 0.3) is 0 Å². The van der Waals surface area contributed by atoms with Gasteiger partial charge in [0.1, 0.15) is 0 Å². The van der Waals surface area contributed by atoms with Crippen LogP contribution in [0.5, 0.6) is 0 Å². The number of ether oxygens (including phenoxy) is 1. The Balaban J connectivity index is 2.20. The lowest BCUT2D eigenvalue weighted by Crippen LogP contribution is -2.42. The maximum absolute atomic E-state index is 8.81. The zero-order valence-corrected chi connectivity index (χ0v) is 10.2. The van der Waals surface area contributed by atoms with E-state index in [1.807, 2.05) is 0 Å². The normalized spacial score (nSPS) is 34.0. The van der Waals surface area contributed by atoms with Crippen LogP contribution >= 0.6 is 0 Å². The van der Waals surface area contributed by atoms with Crippen molar-refractivity contribution in [1.29, 1.82) is 0 Å². The molecule has 0 amide bonds. The molecular formula is C12H25NO2. The van der Waals surface area contributed by atoms with Crippen molar-refractivity contribution in [2.24, 2.45) is 5.92 Å². The van der Waals surface area contributed by atoms with E-state index in [2.05, 4.69) is 26.1 Å². The Labute approximate surface area is 93.2 Å². The van der Waals surface area contributed by atoms with Gasteiger partial charge in [0.2, 0.25) is 0 Å². The predicted molar refractivity (Wildman–Crippen MR) is 61.9 cm³/mol. The van der Waals surface area contributed by atoms with Gasteiger partial charge in [-0.1, -0.05) is 6.92 Å². The molecule has 0 radical (unpaired) electrons. The standard InChI is InChI=1S/C12H25NO2/c1-9(4-5-14)8-13-12-6-10(2)15-11(3)7-12/h9-14H,4-8H2,1-3H3.